The fourth-order valence-corrected chi connectivity index (χ4v) is 4.06. The van der Waals surface area contributed by atoms with Crippen LogP contribution >= 0.6 is 11.3 Å². The summed E-state index contributed by atoms with van der Waals surface area (Å²) in [6, 6.07) is 15.4. The van der Waals surface area contributed by atoms with Crippen molar-refractivity contribution in [1.82, 2.24) is 19.3 Å². The lowest BCUT2D eigenvalue weighted by Crippen LogP contribution is -2.35. The minimum atomic E-state index is -0.352. The molecule has 4 aromatic rings. The molecule has 0 aliphatic rings. The molecule has 29 heavy (non-hydrogen) atoms. The molecule has 0 spiro atoms. The Hall–Kier alpha value is -3.32. The van der Waals surface area contributed by atoms with E-state index >= 15 is 0 Å². The van der Waals surface area contributed by atoms with Crippen LogP contribution in [0.3, 0.4) is 0 Å². The van der Waals surface area contributed by atoms with Gasteiger partial charge in [0.1, 0.15) is 5.56 Å². The largest absolute Gasteiger partial charge is 0.328 e. The molecule has 0 unspecified atom stereocenters. The summed E-state index contributed by atoms with van der Waals surface area (Å²) >= 11 is 1.38. The van der Waals surface area contributed by atoms with Crippen LogP contribution in [0.25, 0.3) is 4.96 Å². The fraction of sp³-hybridized carbons (Fsp3) is 0.182. The van der Waals surface area contributed by atoms with Gasteiger partial charge in [-0.3, -0.25) is 19.0 Å². The van der Waals surface area contributed by atoms with Gasteiger partial charge >= 0.3 is 0 Å². The third-order valence-electron chi connectivity index (χ3n) is 4.65. The smallest absolute Gasteiger partial charge is 0.271 e. The number of pyridine rings is 1. The third-order valence-corrected chi connectivity index (χ3v) is 5.61. The van der Waals surface area contributed by atoms with Crippen molar-refractivity contribution < 1.29 is 4.79 Å². The van der Waals surface area contributed by atoms with Crippen molar-refractivity contribution in [1.29, 1.82) is 0 Å². The highest BCUT2D eigenvalue weighted by Crippen LogP contribution is 2.15. The maximum Gasteiger partial charge on any atom is 0.271 e. The highest BCUT2D eigenvalue weighted by atomic mass is 32.1. The van der Waals surface area contributed by atoms with Crippen molar-refractivity contribution in [3.63, 3.8) is 0 Å². The fourth-order valence-electron chi connectivity index (χ4n) is 3.23. The van der Waals surface area contributed by atoms with Gasteiger partial charge in [0.05, 0.1) is 12.2 Å². The average molecular weight is 404 g/mol. The van der Waals surface area contributed by atoms with Gasteiger partial charge < -0.3 is 4.90 Å². The van der Waals surface area contributed by atoms with Crippen molar-refractivity contribution in [3.8, 4) is 0 Å². The van der Waals surface area contributed by atoms with Crippen LogP contribution in [0.5, 0.6) is 0 Å². The second kappa shape index (κ2) is 7.97. The normalized spacial score (nSPS) is 11.0. The Morgan fingerprint density at radius 2 is 1.86 bits per heavy atom. The molecule has 0 radical (unpaired) electrons. The molecule has 0 bridgehead atoms. The molecule has 1 amide bonds. The number of carbonyl (C=O) groups is 1. The molecule has 0 atom stereocenters. The van der Waals surface area contributed by atoms with E-state index in [1.165, 1.54) is 21.9 Å². The van der Waals surface area contributed by atoms with E-state index in [2.05, 4.69) is 9.97 Å². The minimum Gasteiger partial charge on any atom is -0.328 e. The third kappa shape index (κ3) is 3.95. The summed E-state index contributed by atoms with van der Waals surface area (Å²) in [5.74, 6) is -0.352. The Morgan fingerprint density at radius 1 is 1.07 bits per heavy atom. The van der Waals surface area contributed by atoms with Gasteiger partial charge in [0, 0.05) is 29.5 Å². The monoisotopic (exact) mass is 404 g/mol. The maximum absolute atomic E-state index is 13.4. The standard InChI is InChI=1S/C22H20N4O2S/c1-15-7-6-10-18(24-15)13-25(12-17-8-4-3-5-9-17)20(27)19-11-23-22-26(21(19)28)16(2)14-29-22/h3-11,14H,12-13H2,1-2H3. The number of hydrogen-bond donors (Lipinski definition) is 0. The van der Waals surface area contributed by atoms with Crippen LogP contribution in [0.15, 0.2) is 64.9 Å². The first-order chi connectivity index (χ1) is 14.0. The Balaban J connectivity index is 1.73. The van der Waals surface area contributed by atoms with Gasteiger partial charge in [-0.15, -0.1) is 11.3 Å². The summed E-state index contributed by atoms with van der Waals surface area (Å²) in [5.41, 5.74) is 3.13. The number of nitrogens with zero attached hydrogens (tertiary/aromatic N) is 4. The highest BCUT2D eigenvalue weighted by molar-refractivity contribution is 7.15. The number of aryl methyl sites for hydroxylation is 2. The number of carbonyl (C=O) groups excluding carboxylic acids is 1. The molecule has 6 nitrogen and oxygen atoms in total. The molecule has 1 aromatic carbocycles. The maximum atomic E-state index is 13.4. The number of rotatable bonds is 5. The summed E-state index contributed by atoms with van der Waals surface area (Å²) < 4.78 is 1.49. The lowest BCUT2D eigenvalue weighted by atomic mass is 10.1. The number of aromatic nitrogens is 3. The van der Waals surface area contributed by atoms with Crippen LogP contribution in [-0.4, -0.2) is 25.2 Å². The van der Waals surface area contributed by atoms with Crippen LogP contribution in [0.4, 0.5) is 0 Å². The Bertz CT molecular complexity index is 1230. The highest BCUT2D eigenvalue weighted by Gasteiger charge is 2.22. The first-order valence-electron chi connectivity index (χ1n) is 9.24. The van der Waals surface area contributed by atoms with Crippen LogP contribution in [0, 0.1) is 13.8 Å². The van der Waals surface area contributed by atoms with Crippen molar-refractivity contribution >= 4 is 22.2 Å². The molecule has 0 fully saturated rings. The Labute approximate surface area is 172 Å². The topological polar surface area (TPSA) is 67.6 Å². The van der Waals surface area contributed by atoms with Crippen LogP contribution < -0.4 is 5.56 Å². The first-order valence-corrected chi connectivity index (χ1v) is 10.1. The molecule has 0 aliphatic heterocycles. The zero-order valence-corrected chi connectivity index (χ0v) is 17.0. The summed E-state index contributed by atoms with van der Waals surface area (Å²) in [6.45, 7) is 4.43. The van der Waals surface area contributed by atoms with Gasteiger partial charge in [-0.2, -0.15) is 0 Å². The average Bonchev–Trinajstić information content (AvgIpc) is 3.10. The van der Waals surface area contributed by atoms with E-state index in [0.29, 0.717) is 18.1 Å². The second-order valence-corrected chi connectivity index (χ2v) is 7.73. The van der Waals surface area contributed by atoms with Gasteiger partial charge in [0.2, 0.25) is 0 Å². The quantitative estimate of drug-likeness (QED) is 0.510. The molecular weight excluding hydrogens is 384 g/mol. The molecule has 146 valence electrons. The molecular formula is C22H20N4O2S. The summed E-state index contributed by atoms with van der Waals surface area (Å²) in [4.78, 5) is 37.4. The lowest BCUT2D eigenvalue weighted by Gasteiger charge is -2.22. The first kappa shape index (κ1) is 19.0. The van der Waals surface area contributed by atoms with Gasteiger partial charge in [-0.05, 0) is 31.5 Å². The molecule has 0 saturated carbocycles. The minimum absolute atomic E-state index is 0.0626. The van der Waals surface area contributed by atoms with Gasteiger partial charge in [0.25, 0.3) is 11.5 Å². The Morgan fingerprint density at radius 3 is 2.62 bits per heavy atom. The molecule has 0 aliphatic carbocycles. The molecule has 4 rings (SSSR count). The SMILES string of the molecule is Cc1cccc(CN(Cc2ccccc2)C(=O)c2cnc3scc(C)n3c2=O)n1. The summed E-state index contributed by atoms with van der Waals surface area (Å²) in [6.07, 6.45) is 1.39. The predicted molar refractivity (Wildman–Crippen MR) is 113 cm³/mol. The van der Waals surface area contributed by atoms with Crippen LogP contribution in [0.1, 0.15) is 33.0 Å². The van der Waals surface area contributed by atoms with E-state index in [9.17, 15) is 9.59 Å². The zero-order valence-electron chi connectivity index (χ0n) is 16.2. The van der Waals surface area contributed by atoms with Crippen LogP contribution in [-0.2, 0) is 13.1 Å². The molecule has 3 aromatic heterocycles. The van der Waals surface area contributed by atoms with E-state index in [4.69, 9.17) is 0 Å². The second-order valence-electron chi connectivity index (χ2n) is 6.89. The van der Waals surface area contributed by atoms with E-state index in [-0.39, 0.29) is 17.0 Å². The number of fused-ring (bicyclic) bond motifs is 1. The zero-order chi connectivity index (χ0) is 20.4. The Kier molecular flexibility index (Phi) is 5.22. The van der Waals surface area contributed by atoms with Crippen molar-refractivity contribution in [3.05, 3.63) is 98.7 Å². The van der Waals surface area contributed by atoms with E-state index in [1.807, 2.05) is 67.8 Å². The molecule has 0 saturated heterocycles. The van der Waals surface area contributed by atoms with Crippen LogP contribution in [0.2, 0.25) is 0 Å². The van der Waals surface area contributed by atoms with Gasteiger partial charge in [-0.25, -0.2) is 4.98 Å². The van der Waals surface area contributed by atoms with Crippen molar-refractivity contribution in [2.24, 2.45) is 0 Å². The number of hydrogen-bond acceptors (Lipinski definition) is 5. The molecule has 3 heterocycles. The summed E-state index contributed by atoms with van der Waals surface area (Å²) in [5, 5.41) is 1.86. The van der Waals surface area contributed by atoms with E-state index < -0.39 is 0 Å². The lowest BCUT2D eigenvalue weighted by molar-refractivity contribution is 0.0725. The number of benzene rings is 1. The number of amides is 1. The van der Waals surface area contributed by atoms with Gasteiger partial charge in [0.15, 0.2) is 4.96 Å². The van der Waals surface area contributed by atoms with E-state index in [0.717, 1.165) is 22.6 Å². The van der Waals surface area contributed by atoms with Crippen molar-refractivity contribution in [2.45, 2.75) is 26.9 Å². The molecule has 0 N–H and O–H groups in total. The molecule has 7 heteroatoms. The predicted octanol–water partition coefficient (Wildman–Crippen LogP) is 3.61. The number of thiazole rings is 1. The van der Waals surface area contributed by atoms with Crippen molar-refractivity contribution in [2.75, 3.05) is 0 Å². The summed E-state index contributed by atoms with van der Waals surface area (Å²) in [7, 11) is 0. The van der Waals surface area contributed by atoms with Gasteiger partial charge in [-0.1, -0.05) is 36.4 Å². The van der Waals surface area contributed by atoms with E-state index in [1.54, 1.807) is 4.90 Å².